The summed E-state index contributed by atoms with van der Waals surface area (Å²) in [6.07, 6.45) is -0.115. The Morgan fingerprint density at radius 3 is 2.26 bits per heavy atom. The Balaban J connectivity index is 1.72. The molecule has 174 valence electrons. The standard InChI is InChI=1S/C26H25N3O4S/c1-3-34(32,33)21-11-8-19(9-12-21)17-26(31)28-20-10-13-22(18(2)16-20)23-6-4-5-7-24(23)29-25(30)14-15-27/h4-13,16H,3,14,17H2,1-2H3,(H,28,31)(H,29,30). The van der Waals surface area contributed by atoms with E-state index in [2.05, 4.69) is 10.6 Å². The van der Waals surface area contributed by atoms with E-state index in [1.165, 1.54) is 12.1 Å². The second-order valence-electron chi connectivity index (χ2n) is 7.73. The number of anilines is 2. The van der Waals surface area contributed by atoms with E-state index in [0.29, 0.717) is 16.9 Å². The lowest BCUT2D eigenvalue weighted by Gasteiger charge is -2.14. The molecule has 0 heterocycles. The molecule has 2 N–H and O–H groups in total. The third-order valence-electron chi connectivity index (χ3n) is 5.27. The molecule has 8 heteroatoms. The topological polar surface area (TPSA) is 116 Å². The maximum absolute atomic E-state index is 12.5. The number of amides is 2. The lowest BCUT2D eigenvalue weighted by Crippen LogP contribution is -2.14. The van der Waals surface area contributed by atoms with Crippen LogP contribution in [-0.2, 0) is 25.8 Å². The van der Waals surface area contributed by atoms with Crippen molar-refractivity contribution in [3.05, 3.63) is 77.9 Å². The van der Waals surface area contributed by atoms with Gasteiger partial charge in [0.15, 0.2) is 9.84 Å². The van der Waals surface area contributed by atoms with Crippen molar-refractivity contribution >= 4 is 33.0 Å². The molecule has 0 unspecified atom stereocenters. The Kier molecular flexibility index (Phi) is 7.82. The summed E-state index contributed by atoms with van der Waals surface area (Å²) in [5.41, 5.74) is 4.54. The molecule has 0 fully saturated rings. The number of hydrogen-bond acceptors (Lipinski definition) is 5. The van der Waals surface area contributed by atoms with Gasteiger partial charge in [-0.15, -0.1) is 0 Å². The fourth-order valence-electron chi connectivity index (χ4n) is 3.51. The van der Waals surface area contributed by atoms with E-state index in [4.69, 9.17) is 5.26 Å². The van der Waals surface area contributed by atoms with Gasteiger partial charge in [0, 0.05) is 16.9 Å². The zero-order chi connectivity index (χ0) is 24.7. The summed E-state index contributed by atoms with van der Waals surface area (Å²) in [7, 11) is -3.27. The fraction of sp³-hybridized carbons (Fsp3) is 0.192. The van der Waals surface area contributed by atoms with Crippen LogP contribution in [0.15, 0.2) is 71.6 Å². The fourth-order valence-corrected chi connectivity index (χ4v) is 4.39. The van der Waals surface area contributed by atoms with Gasteiger partial charge in [0.2, 0.25) is 11.8 Å². The number of hydrogen-bond donors (Lipinski definition) is 2. The number of aryl methyl sites for hydroxylation is 1. The van der Waals surface area contributed by atoms with Crippen molar-refractivity contribution in [2.24, 2.45) is 0 Å². The molecule has 2 amide bonds. The lowest BCUT2D eigenvalue weighted by molar-refractivity contribution is -0.116. The number of carbonyl (C=O) groups is 2. The van der Waals surface area contributed by atoms with Gasteiger partial charge >= 0.3 is 0 Å². The Morgan fingerprint density at radius 1 is 0.912 bits per heavy atom. The number of nitrogens with one attached hydrogen (secondary N) is 2. The van der Waals surface area contributed by atoms with Crippen LogP contribution >= 0.6 is 0 Å². The summed E-state index contributed by atoms with van der Waals surface area (Å²) in [6.45, 7) is 3.50. The summed E-state index contributed by atoms with van der Waals surface area (Å²) >= 11 is 0. The van der Waals surface area contributed by atoms with E-state index in [-0.39, 0.29) is 35.3 Å². The largest absolute Gasteiger partial charge is 0.326 e. The summed E-state index contributed by atoms with van der Waals surface area (Å²) in [4.78, 5) is 24.6. The first-order valence-corrected chi connectivity index (χ1v) is 12.4. The molecule has 0 atom stereocenters. The minimum absolute atomic E-state index is 0.0267. The highest BCUT2D eigenvalue weighted by atomic mass is 32.2. The van der Waals surface area contributed by atoms with E-state index >= 15 is 0 Å². The van der Waals surface area contributed by atoms with E-state index in [0.717, 1.165) is 16.7 Å². The second-order valence-corrected chi connectivity index (χ2v) is 10.0. The number of benzene rings is 3. The number of nitrogens with zero attached hydrogens (tertiary/aromatic N) is 1. The van der Waals surface area contributed by atoms with Gasteiger partial charge in [-0.3, -0.25) is 9.59 Å². The maximum Gasteiger partial charge on any atom is 0.238 e. The smallest absolute Gasteiger partial charge is 0.238 e. The number of sulfone groups is 1. The van der Waals surface area contributed by atoms with Gasteiger partial charge in [0.1, 0.15) is 6.42 Å². The number of para-hydroxylation sites is 1. The van der Waals surface area contributed by atoms with E-state index in [9.17, 15) is 18.0 Å². The number of rotatable bonds is 8. The quantitative estimate of drug-likeness (QED) is 0.498. The Bertz CT molecular complexity index is 1360. The third kappa shape index (κ3) is 6.09. The van der Waals surface area contributed by atoms with Crippen molar-refractivity contribution in [3.63, 3.8) is 0 Å². The molecule has 0 aliphatic heterocycles. The molecule has 0 bridgehead atoms. The average Bonchev–Trinajstić information content (AvgIpc) is 2.80. The van der Waals surface area contributed by atoms with Gasteiger partial charge < -0.3 is 10.6 Å². The van der Waals surface area contributed by atoms with Crippen LogP contribution in [0, 0.1) is 18.3 Å². The molecule has 0 saturated heterocycles. The Morgan fingerprint density at radius 2 is 1.62 bits per heavy atom. The zero-order valence-corrected chi connectivity index (χ0v) is 19.8. The predicted octanol–water partition coefficient (Wildman–Crippen LogP) is 4.49. The van der Waals surface area contributed by atoms with E-state index in [1.54, 1.807) is 37.3 Å². The van der Waals surface area contributed by atoms with E-state index in [1.807, 2.05) is 37.3 Å². The van der Waals surface area contributed by atoms with Gasteiger partial charge in [-0.1, -0.05) is 43.3 Å². The minimum Gasteiger partial charge on any atom is -0.326 e. The SMILES string of the molecule is CCS(=O)(=O)c1ccc(CC(=O)Nc2ccc(-c3ccccc3NC(=O)CC#N)c(C)c2)cc1. The molecule has 3 aromatic carbocycles. The molecule has 0 aliphatic rings. The van der Waals surface area contributed by atoms with Crippen LogP contribution in [-0.4, -0.2) is 26.0 Å². The first-order chi connectivity index (χ1) is 16.2. The molecule has 0 aliphatic carbocycles. The van der Waals surface area contributed by atoms with Crippen LogP contribution < -0.4 is 10.6 Å². The second kappa shape index (κ2) is 10.8. The zero-order valence-electron chi connectivity index (χ0n) is 19.0. The molecule has 34 heavy (non-hydrogen) atoms. The molecule has 0 saturated carbocycles. The molecular weight excluding hydrogens is 450 g/mol. The summed E-state index contributed by atoms with van der Waals surface area (Å²) < 4.78 is 23.9. The third-order valence-corrected chi connectivity index (χ3v) is 7.02. The number of nitriles is 1. The first-order valence-electron chi connectivity index (χ1n) is 10.7. The molecule has 7 nitrogen and oxygen atoms in total. The van der Waals surface area contributed by atoms with Gasteiger partial charge in [0.25, 0.3) is 0 Å². The number of carbonyl (C=O) groups excluding carboxylic acids is 2. The maximum atomic E-state index is 12.5. The summed E-state index contributed by atoms with van der Waals surface area (Å²) in [5.74, 6) is -0.571. The van der Waals surface area contributed by atoms with Crippen LogP contribution in [0.2, 0.25) is 0 Å². The monoisotopic (exact) mass is 475 g/mol. The molecule has 3 rings (SSSR count). The van der Waals surface area contributed by atoms with Crippen LogP contribution in [0.1, 0.15) is 24.5 Å². The van der Waals surface area contributed by atoms with Crippen molar-refractivity contribution in [1.29, 1.82) is 5.26 Å². The predicted molar refractivity (Wildman–Crippen MR) is 132 cm³/mol. The van der Waals surface area contributed by atoms with Crippen molar-refractivity contribution in [2.75, 3.05) is 16.4 Å². The van der Waals surface area contributed by atoms with Gasteiger partial charge in [-0.05, 0) is 53.9 Å². The van der Waals surface area contributed by atoms with E-state index < -0.39 is 9.84 Å². The van der Waals surface area contributed by atoms with Gasteiger partial charge in [-0.2, -0.15) is 5.26 Å². The van der Waals surface area contributed by atoms with Crippen LogP contribution in [0.4, 0.5) is 11.4 Å². The minimum atomic E-state index is -3.27. The average molecular weight is 476 g/mol. The Labute approximate surface area is 199 Å². The van der Waals surface area contributed by atoms with Gasteiger partial charge in [-0.25, -0.2) is 8.42 Å². The molecule has 0 spiro atoms. The van der Waals surface area contributed by atoms with Crippen molar-refractivity contribution in [2.45, 2.75) is 31.6 Å². The van der Waals surface area contributed by atoms with Crippen LogP contribution in [0.5, 0.6) is 0 Å². The highest BCUT2D eigenvalue weighted by Gasteiger charge is 2.13. The molecule has 3 aromatic rings. The molecular formula is C26H25N3O4S. The normalized spacial score (nSPS) is 10.9. The van der Waals surface area contributed by atoms with Crippen molar-refractivity contribution < 1.29 is 18.0 Å². The summed E-state index contributed by atoms with van der Waals surface area (Å²) in [6, 6.07) is 21.0. The van der Waals surface area contributed by atoms with Gasteiger partial charge in [0.05, 0.1) is 23.1 Å². The van der Waals surface area contributed by atoms with Crippen LogP contribution in [0.25, 0.3) is 11.1 Å². The van der Waals surface area contributed by atoms with Crippen LogP contribution in [0.3, 0.4) is 0 Å². The summed E-state index contributed by atoms with van der Waals surface area (Å²) in [5, 5.41) is 14.4. The van der Waals surface area contributed by atoms with Crippen molar-refractivity contribution in [1.82, 2.24) is 0 Å². The highest BCUT2D eigenvalue weighted by Crippen LogP contribution is 2.32. The van der Waals surface area contributed by atoms with Crippen molar-refractivity contribution in [3.8, 4) is 17.2 Å². The lowest BCUT2D eigenvalue weighted by atomic mass is 9.98. The highest BCUT2D eigenvalue weighted by molar-refractivity contribution is 7.91. The Hall–Kier alpha value is -3.96. The first kappa shape index (κ1) is 24.7. The molecule has 0 radical (unpaired) electrons. The molecule has 0 aromatic heterocycles.